The van der Waals surface area contributed by atoms with Crippen LogP contribution in [0.5, 0.6) is 0 Å². The van der Waals surface area contributed by atoms with Crippen LogP contribution in [0.15, 0.2) is 24.4 Å². The van der Waals surface area contributed by atoms with Crippen LogP contribution >= 0.6 is 0 Å². The number of nitrogens with zero attached hydrogens (tertiary/aromatic N) is 1. The minimum atomic E-state index is 0.584. The smallest absolute Gasteiger partial charge is 0.130 e. The molecule has 0 atom stereocenters. The fourth-order valence-corrected chi connectivity index (χ4v) is 0.750. The molecule has 1 rings (SSSR count). The summed E-state index contributed by atoms with van der Waals surface area (Å²) in [5.74, 6) is 0.584. The molecule has 1 aromatic rings. The number of nitrogens with two attached hydrogens (primary N) is 1. The van der Waals surface area contributed by atoms with Crippen molar-refractivity contribution < 1.29 is 0 Å². The molecule has 1 aromatic heterocycles. The molecule has 0 aliphatic carbocycles. The standard InChI is InChI=1S/C8H10N2.C2H6/c1-2-4-7-5-3-6-10-8(7)9;1-2/h2-6H,1H3,(H2,9,10);1-2H3/b4-2-;. The first kappa shape index (κ1) is 10.7. The maximum absolute atomic E-state index is 5.54. The summed E-state index contributed by atoms with van der Waals surface area (Å²) in [7, 11) is 0. The predicted molar refractivity (Wildman–Crippen MR) is 54.7 cm³/mol. The van der Waals surface area contributed by atoms with Crippen molar-refractivity contribution in [3.05, 3.63) is 30.0 Å². The molecule has 0 aromatic carbocycles. The van der Waals surface area contributed by atoms with E-state index in [1.54, 1.807) is 6.20 Å². The zero-order valence-corrected chi connectivity index (χ0v) is 7.91. The lowest BCUT2D eigenvalue weighted by Crippen LogP contribution is -1.91. The van der Waals surface area contributed by atoms with Crippen molar-refractivity contribution in [2.45, 2.75) is 20.8 Å². The highest BCUT2D eigenvalue weighted by molar-refractivity contribution is 5.60. The van der Waals surface area contributed by atoms with Crippen LogP contribution in [-0.2, 0) is 0 Å². The lowest BCUT2D eigenvalue weighted by molar-refractivity contribution is 1.32. The van der Waals surface area contributed by atoms with Crippen molar-refractivity contribution in [3.8, 4) is 0 Å². The number of hydrogen-bond acceptors (Lipinski definition) is 2. The minimum absolute atomic E-state index is 0.584. The summed E-state index contributed by atoms with van der Waals surface area (Å²) in [5, 5.41) is 0. The van der Waals surface area contributed by atoms with Crippen molar-refractivity contribution in [3.63, 3.8) is 0 Å². The molecule has 0 saturated carbocycles. The van der Waals surface area contributed by atoms with Gasteiger partial charge in [0.2, 0.25) is 0 Å². The van der Waals surface area contributed by atoms with Crippen molar-refractivity contribution in [2.75, 3.05) is 5.73 Å². The molecule has 0 bridgehead atoms. The topological polar surface area (TPSA) is 38.9 Å². The lowest BCUT2D eigenvalue weighted by atomic mass is 10.2. The number of pyridine rings is 1. The first-order valence-corrected chi connectivity index (χ1v) is 4.18. The quantitative estimate of drug-likeness (QED) is 0.693. The van der Waals surface area contributed by atoms with E-state index in [1.165, 1.54) is 0 Å². The second-order valence-electron chi connectivity index (χ2n) is 1.98. The zero-order chi connectivity index (χ0) is 9.40. The molecule has 0 amide bonds. The third-order valence-corrected chi connectivity index (χ3v) is 1.22. The van der Waals surface area contributed by atoms with E-state index in [9.17, 15) is 0 Å². The van der Waals surface area contributed by atoms with Crippen LogP contribution in [-0.4, -0.2) is 4.98 Å². The van der Waals surface area contributed by atoms with Crippen molar-refractivity contribution in [1.29, 1.82) is 0 Å². The van der Waals surface area contributed by atoms with E-state index >= 15 is 0 Å². The maximum atomic E-state index is 5.54. The predicted octanol–water partition coefficient (Wildman–Crippen LogP) is 2.72. The highest BCUT2D eigenvalue weighted by atomic mass is 14.8. The van der Waals surface area contributed by atoms with Crippen LogP contribution in [0.1, 0.15) is 26.3 Å². The molecule has 0 spiro atoms. The van der Waals surface area contributed by atoms with E-state index in [2.05, 4.69) is 4.98 Å². The van der Waals surface area contributed by atoms with E-state index in [-0.39, 0.29) is 0 Å². The van der Waals surface area contributed by atoms with Gasteiger partial charge in [0.25, 0.3) is 0 Å². The summed E-state index contributed by atoms with van der Waals surface area (Å²) in [6, 6.07) is 3.80. The van der Waals surface area contributed by atoms with Gasteiger partial charge in [-0.25, -0.2) is 4.98 Å². The molecule has 1 heterocycles. The minimum Gasteiger partial charge on any atom is -0.383 e. The van der Waals surface area contributed by atoms with Crippen molar-refractivity contribution >= 4 is 11.9 Å². The lowest BCUT2D eigenvalue weighted by Gasteiger charge is -1.95. The van der Waals surface area contributed by atoms with Gasteiger partial charge in [-0.05, 0) is 19.1 Å². The Morgan fingerprint density at radius 1 is 1.42 bits per heavy atom. The van der Waals surface area contributed by atoms with Crippen LogP contribution in [0.4, 0.5) is 5.82 Å². The van der Waals surface area contributed by atoms with Crippen LogP contribution in [0.3, 0.4) is 0 Å². The highest BCUT2D eigenvalue weighted by Gasteiger charge is 1.90. The molecule has 2 N–H and O–H groups in total. The fraction of sp³-hybridized carbons (Fsp3) is 0.300. The normalized spacial score (nSPS) is 9.25. The van der Waals surface area contributed by atoms with Gasteiger partial charge in [0, 0.05) is 11.8 Å². The van der Waals surface area contributed by atoms with Gasteiger partial charge in [0.05, 0.1) is 0 Å². The van der Waals surface area contributed by atoms with Gasteiger partial charge in [-0.15, -0.1) is 0 Å². The summed E-state index contributed by atoms with van der Waals surface area (Å²) in [5.41, 5.74) is 6.52. The second kappa shape index (κ2) is 6.40. The molecule has 0 saturated heterocycles. The number of hydrogen-bond donors (Lipinski definition) is 1. The Bertz CT molecular complexity index is 241. The number of aromatic nitrogens is 1. The van der Waals surface area contributed by atoms with Crippen LogP contribution in [0.25, 0.3) is 6.08 Å². The summed E-state index contributed by atoms with van der Waals surface area (Å²) in [4.78, 5) is 3.92. The molecule has 0 aliphatic heterocycles. The number of anilines is 1. The largest absolute Gasteiger partial charge is 0.383 e. The zero-order valence-electron chi connectivity index (χ0n) is 7.91. The average Bonchev–Trinajstić information content (AvgIpc) is 2.13. The second-order valence-corrected chi connectivity index (χ2v) is 1.98. The van der Waals surface area contributed by atoms with Crippen molar-refractivity contribution in [2.24, 2.45) is 0 Å². The molecule has 0 radical (unpaired) electrons. The number of nitrogen functional groups attached to an aromatic ring is 1. The molecule has 0 aliphatic rings. The third kappa shape index (κ3) is 3.19. The Morgan fingerprint density at radius 2 is 2.08 bits per heavy atom. The Morgan fingerprint density at radius 3 is 2.58 bits per heavy atom. The summed E-state index contributed by atoms with van der Waals surface area (Å²) in [6.45, 7) is 5.95. The van der Waals surface area contributed by atoms with Gasteiger partial charge in [-0.2, -0.15) is 0 Å². The molecular weight excluding hydrogens is 148 g/mol. The first-order valence-electron chi connectivity index (χ1n) is 4.18. The molecule has 0 fully saturated rings. The molecular formula is C10H16N2. The first-order chi connectivity index (χ1) is 5.84. The SMILES string of the molecule is C/C=C\c1cccnc1N.CC. The van der Waals surface area contributed by atoms with E-state index in [0.717, 1.165) is 5.56 Å². The van der Waals surface area contributed by atoms with E-state index in [1.807, 2.05) is 45.1 Å². The third-order valence-electron chi connectivity index (χ3n) is 1.22. The summed E-state index contributed by atoms with van der Waals surface area (Å²) >= 11 is 0. The van der Waals surface area contributed by atoms with Gasteiger partial charge >= 0.3 is 0 Å². The summed E-state index contributed by atoms with van der Waals surface area (Å²) in [6.07, 6.45) is 5.55. The van der Waals surface area contributed by atoms with Gasteiger partial charge in [0.1, 0.15) is 5.82 Å². The van der Waals surface area contributed by atoms with Crippen molar-refractivity contribution in [1.82, 2.24) is 4.98 Å². The van der Waals surface area contributed by atoms with Crippen LogP contribution in [0, 0.1) is 0 Å². The molecule has 2 nitrogen and oxygen atoms in total. The highest BCUT2D eigenvalue weighted by Crippen LogP contribution is 2.07. The van der Waals surface area contributed by atoms with Crippen LogP contribution in [0.2, 0.25) is 0 Å². The molecule has 66 valence electrons. The fourth-order valence-electron chi connectivity index (χ4n) is 0.750. The van der Waals surface area contributed by atoms with Gasteiger partial charge in [0.15, 0.2) is 0 Å². The molecule has 0 unspecified atom stereocenters. The Hall–Kier alpha value is -1.31. The average molecular weight is 164 g/mol. The van der Waals surface area contributed by atoms with E-state index in [4.69, 9.17) is 5.73 Å². The monoisotopic (exact) mass is 164 g/mol. The van der Waals surface area contributed by atoms with Crippen LogP contribution < -0.4 is 5.73 Å². The van der Waals surface area contributed by atoms with Gasteiger partial charge in [-0.3, -0.25) is 0 Å². The Kier molecular flexibility index (Phi) is 5.70. The Balaban J connectivity index is 0.000000561. The maximum Gasteiger partial charge on any atom is 0.130 e. The molecule has 2 heteroatoms. The Labute approximate surface area is 74.1 Å². The van der Waals surface area contributed by atoms with E-state index < -0.39 is 0 Å². The number of rotatable bonds is 1. The summed E-state index contributed by atoms with van der Waals surface area (Å²) < 4.78 is 0. The van der Waals surface area contributed by atoms with Gasteiger partial charge in [-0.1, -0.05) is 26.0 Å². The van der Waals surface area contributed by atoms with Gasteiger partial charge < -0.3 is 5.73 Å². The molecule has 12 heavy (non-hydrogen) atoms. The van der Waals surface area contributed by atoms with E-state index in [0.29, 0.717) is 5.82 Å². The number of allylic oxidation sites excluding steroid dienone is 1.